The van der Waals surface area contributed by atoms with E-state index in [-0.39, 0.29) is 17.9 Å². The van der Waals surface area contributed by atoms with Crippen molar-refractivity contribution in [1.29, 1.82) is 0 Å². The summed E-state index contributed by atoms with van der Waals surface area (Å²) in [6.45, 7) is 6.26. The van der Waals surface area contributed by atoms with Crippen LogP contribution >= 0.6 is 0 Å². The number of hydrogen-bond acceptors (Lipinski definition) is 4. The van der Waals surface area contributed by atoms with Gasteiger partial charge in [0.2, 0.25) is 0 Å². The molecule has 1 unspecified atom stereocenters. The van der Waals surface area contributed by atoms with E-state index in [4.69, 9.17) is 5.11 Å². The molecule has 0 amide bonds. The van der Waals surface area contributed by atoms with Crippen molar-refractivity contribution in [2.45, 2.75) is 39.7 Å². The molecule has 0 aliphatic heterocycles. The van der Waals surface area contributed by atoms with Gasteiger partial charge in [-0.2, -0.15) is 0 Å². The summed E-state index contributed by atoms with van der Waals surface area (Å²) in [6.07, 6.45) is 3.92. The number of rotatable bonds is 5. The number of carboxylic acids is 1. The van der Waals surface area contributed by atoms with E-state index in [1.54, 1.807) is 12.3 Å². The first-order valence-electron chi connectivity index (χ1n) is 5.61. The van der Waals surface area contributed by atoms with Gasteiger partial charge in [-0.05, 0) is 17.9 Å². The van der Waals surface area contributed by atoms with E-state index in [0.29, 0.717) is 5.82 Å². The number of nitrogens with one attached hydrogen (secondary N) is 1. The van der Waals surface area contributed by atoms with E-state index >= 15 is 0 Å². The van der Waals surface area contributed by atoms with Crippen LogP contribution in [0.3, 0.4) is 0 Å². The first-order valence-corrected chi connectivity index (χ1v) is 5.61. The van der Waals surface area contributed by atoms with E-state index in [0.717, 1.165) is 6.42 Å². The normalized spacial score (nSPS) is 13.1. The molecule has 0 saturated carbocycles. The lowest BCUT2D eigenvalue weighted by molar-refractivity contribution is -0.137. The molecule has 0 saturated heterocycles. The Morgan fingerprint density at radius 3 is 2.71 bits per heavy atom. The van der Waals surface area contributed by atoms with Crippen LogP contribution in [0.4, 0.5) is 5.82 Å². The maximum atomic E-state index is 10.8. The number of anilines is 1. The van der Waals surface area contributed by atoms with E-state index in [1.165, 1.54) is 6.33 Å². The van der Waals surface area contributed by atoms with Crippen LogP contribution in [-0.2, 0) is 4.79 Å². The maximum absolute atomic E-state index is 10.8. The zero-order valence-electron chi connectivity index (χ0n) is 10.5. The number of carbonyl (C=O) groups is 1. The van der Waals surface area contributed by atoms with Crippen molar-refractivity contribution >= 4 is 11.8 Å². The Balaban J connectivity index is 2.67. The van der Waals surface area contributed by atoms with Crippen LogP contribution in [0.15, 0.2) is 18.6 Å². The molecular formula is C12H19N3O2. The molecule has 5 nitrogen and oxygen atoms in total. The highest BCUT2D eigenvalue weighted by atomic mass is 16.4. The molecule has 1 heterocycles. The van der Waals surface area contributed by atoms with Crippen LogP contribution in [0.5, 0.6) is 0 Å². The molecule has 17 heavy (non-hydrogen) atoms. The standard InChI is InChI=1S/C12H19N3O2/c1-12(2,3)7-9(6-11(16)17)15-10-4-5-13-8-14-10/h4-5,8-9H,6-7H2,1-3H3,(H,16,17)(H,13,14,15). The summed E-state index contributed by atoms with van der Waals surface area (Å²) in [5.41, 5.74) is 0.0696. The van der Waals surface area contributed by atoms with Crippen LogP contribution < -0.4 is 5.32 Å². The lowest BCUT2D eigenvalue weighted by atomic mass is 9.87. The Bertz CT molecular complexity index is 360. The lowest BCUT2D eigenvalue weighted by Crippen LogP contribution is -2.28. The van der Waals surface area contributed by atoms with Crippen molar-refractivity contribution in [3.8, 4) is 0 Å². The van der Waals surface area contributed by atoms with E-state index in [1.807, 2.05) is 0 Å². The smallest absolute Gasteiger partial charge is 0.305 e. The molecule has 2 N–H and O–H groups in total. The third kappa shape index (κ3) is 5.85. The first kappa shape index (κ1) is 13.4. The van der Waals surface area contributed by atoms with Gasteiger partial charge in [0.15, 0.2) is 0 Å². The van der Waals surface area contributed by atoms with Crippen LogP contribution in [0.2, 0.25) is 0 Å². The van der Waals surface area contributed by atoms with Gasteiger partial charge in [0.1, 0.15) is 12.1 Å². The molecular weight excluding hydrogens is 218 g/mol. The van der Waals surface area contributed by atoms with Crippen molar-refractivity contribution < 1.29 is 9.90 Å². The minimum absolute atomic E-state index is 0.0696. The van der Waals surface area contributed by atoms with Crippen LogP contribution in [0.25, 0.3) is 0 Å². The molecule has 0 aliphatic rings. The van der Waals surface area contributed by atoms with Gasteiger partial charge in [0.25, 0.3) is 0 Å². The Morgan fingerprint density at radius 1 is 1.53 bits per heavy atom. The maximum Gasteiger partial charge on any atom is 0.305 e. The van der Waals surface area contributed by atoms with Gasteiger partial charge in [-0.15, -0.1) is 0 Å². The molecule has 0 spiro atoms. The van der Waals surface area contributed by atoms with Crippen molar-refractivity contribution in [3.05, 3.63) is 18.6 Å². The summed E-state index contributed by atoms with van der Waals surface area (Å²) in [6, 6.07) is 1.61. The summed E-state index contributed by atoms with van der Waals surface area (Å²) >= 11 is 0. The summed E-state index contributed by atoms with van der Waals surface area (Å²) < 4.78 is 0. The van der Waals surface area contributed by atoms with Crippen LogP contribution in [0, 0.1) is 5.41 Å². The SMILES string of the molecule is CC(C)(C)CC(CC(=O)O)Nc1ccncn1. The monoisotopic (exact) mass is 237 g/mol. The number of hydrogen-bond donors (Lipinski definition) is 2. The fraction of sp³-hybridized carbons (Fsp3) is 0.583. The third-order valence-corrected chi connectivity index (χ3v) is 2.21. The highest BCUT2D eigenvalue weighted by Gasteiger charge is 2.21. The van der Waals surface area contributed by atoms with E-state index < -0.39 is 5.97 Å². The number of carboxylic acid groups (broad SMARTS) is 1. The van der Waals surface area contributed by atoms with Gasteiger partial charge in [0.05, 0.1) is 6.42 Å². The minimum atomic E-state index is -0.805. The molecule has 0 fully saturated rings. The highest BCUT2D eigenvalue weighted by molar-refractivity contribution is 5.68. The second-order valence-electron chi connectivity index (χ2n) is 5.30. The molecule has 0 radical (unpaired) electrons. The van der Waals surface area contributed by atoms with Gasteiger partial charge >= 0.3 is 5.97 Å². The Hall–Kier alpha value is -1.65. The summed E-state index contributed by atoms with van der Waals surface area (Å²) in [4.78, 5) is 18.7. The molecule has 1 atom stereocenters. The third-order valence-electron chi connectivity index (χ3n) is 2.21. The molecule has 0 aliphatic carbocycles. The predicted octanol–water partition coefficient (Wildman–Crippen LogP) is 2.17. The molecule has 1 aromatic heterocycles. The average molecular weight is 237 g/mol. The number of nitrogens with zero attached hydrogens (tertiary/aromatic N) is 2. The Morgan fingerprint density at radius 2 is 2.24 bits per heavy atom. The van der Waals surface area contributed by atoms with Crippen molar-refractivity contribution in [2.24, 2.45) is 5.41 Å². The van der Waals surface area contributed by atoms with Gasteiger partial charge in [-0.3, -0.25) is 4.79 Å². The van der Waals surface area contributed by atoms with Crippen LogP contribution in [0.1, 0.15) is 33.6 Å². The topological polar surface area (TPSA) is 75.1 Å². The average Bonchev–Trinajstić information content (AvgIpc) is 2.15. The fourth-order valence-corrected chi connectivity index (χ4v) is 1.71. The Kier molecular flexibility index (Phi) is 4.43. The predicted molar refractivity (Wildman–Crippen MR) is 65.8 cm³/mol. The van der Waals surface area contributed by atoms with Gasteiger partial charge in [-0.1, -0.05) is 20.8 Å². The zero-order valence-corrected chi connectivity index (χ0v) is 10.5. The second-order valence-corrected chi connectivity index (χ2v) is 5.30. The quantitative estimate of drug-likeness (QED) is 0.820. The van der Waals surface area contributed by atoms with Crippen LogP contribution in [-0.4, -0.2) is 27.1 Å². The van der Waals surface area contributed by atoms with E-state index in [9.17, 15) is 4.79 Å². The zero-order chi connectivity index (χ0) is 12.9. The molecule has 0 aromatic carbocycles. The summed E-state index contributed by atoms with van der Waals surface area (Å²) in [5.74, 6) is -0.142. The van der Waals surface area contributed by atoms with Gasteiger partial charge in [-0.25, -0.2) is 9.97 Å². The lowest BCUT2D eigenvalue weighted by Gasteiger charge is -2.26. The second kappa shape index (κ2) is 5.61. The van der Waals surface area contributed by atoms with Crippen molar-refractivity contribution in [2.75, 3.05) is 5.32 Å². The molecule has 1 rings (SSSR count). The minimum Gasteiger partial charge on any atom is -0.481 e. The summed E-state index contributed by atoms with van der Waals surface area (Å²) in [7, 11) is 0. The van der Waals surface area contributed by atoms with Crippen molar-refractivity contribution in [3.63, 3.8) is 0 Å². The Labute approximate surface area is 101 Å². The largest absolute Gasteiger partial charge is 0.481 e. The fourth-order valence-electron chi connectivity index (χ4n) is 1.71. The molecule has 5 heteroatoms. The highest BCUT2D eigenvalue weighted by Crippen LogP contribution is 2.23. The van der Waals surface area contributed by atoms with Gasteiger partial charge in [0, 0.05) is 12.2 Å². The molecule has 1 aromatic rings. The molecule has 94 valence electrons. The first-order chi connectivity index (χ1) is 7.87. The summed E-state index contributed by atoms with van der Waals surface area (Å²) in [5, 5.41) is 12.0. The number of aliphatic carboxylic acids is 1. The van der Waals surface area contributed by atoms with E-state index in [2.05, 4.69) is 36.1 Å². The number of aromatic nitrogens is 2. The molecule has 0 bridgehead atoms. The van der Waals surface area contributed by atoms with Crippen molar-refractivity contribution in [1.82, 2.24) is 9.97 Å². The van der Waals surface area contributed by atoms with Gasteiger partial charge < -0.3 is 10.4 Å².